The number of halogens is 1. The summed E-state index contributed by atoms with van der Waals surface area (Å²) in [5, 5.41) is 0. The number of Topliss-reactive ketones (excluding diaryl/α,β-unsaturated/α-hetero) is 1. The van der Waals surface area contributed by atoms with Gasteiger partial charge in [0.05, 0.1) is 13.1 Å². The Hall–Kier alpha value is -3.27. The first-order valence-electron chi connectivity index (χ1n) is 9.74. The molecule has 1 aliphatic heterocycles. The van der Waals surface area contributed by atoms with Crippen LogP contribution in [-0.4, -0.2) is 56.0 Å². The molecule has 30 heavy (non-hydrogen) atoms. The molecule has 0 saturated carbocycles. The molecular formula is C20H23FN6O3. The number of nitrogens with zero attached hydrogens (tertiary/aromatic N) is 5. The fraction of sp³-hybridized carbons (Fsp3) is 0.400. The van der Waals surface area contributed by atoms with Crippen LogP contribution >= 0.6 is 0 Å². The zero-order valence-electron chi connectivity index (χ0n) is 16.9. The number of H-pyrrole nitrogens is 1. The number of carbonyl (C=O) groups is 1. The van der Waals surface area contributed by atoms with Crippen LogP contribution in [0.4, 0.5) is 10.1 Å². The van der Waals surface area contributed by atoms with E-state index in [1.807, 2.05) is 0 Å². The van der Waals surface area contributed by atoms with Crippen molar-refractivity contribution in [1.82, 2.24) is 24.0 Å². The highest BCUT2D eigenvalue weighted by atomic mass is 19.1. The van der Waals surface area contributed by atoms with Crippen molar-refractivity contribution in [2.45, 2.75) is 20.0 Å². The van der Waals surface area contributed by atoms with Crippen molar-refractivity contribution in [2.24, 2.45) is 7.05 Å². The van der Waals surface area contributed by atoms with Crippen LogP contribution in [0.2, 0.25) is 0 Å². The Bertz CT molecular complexity index is 1200. The molecule has 3 heterocycles. The van der Waals surface area contributed by atoms with Crippen molar-refractivity contribution in [1.29, 1.82) is 0 Å². The molecule has 10 heteroatoms. The molecule has 1 N–H and O–H groups in total. The summed E-state index contributed by atoms with van der Waals surface area (Å²) >= 11 is 0. The standard InChI is InChI=1S/C20H23FN6O3/c1-13(28)11-27-16(22-18-17(27)19(29)23-20(30)24(18)2)12-25-7-9-26(10-8-25)15-5-3-14(21)4-6-15/h3-6H,7-12H2,1-2H3,(H,23,29,30). The van der Waals surface area contributed by atoms with Gasteiger partial charge in [-0.2, -0.15) is 0 Å². The van der Waals surface area contributed by atoms with Crippen LogP contribution in [0.3, 0.4) is 0 Å². The number of hydrogen-bond donors (Lipinski definition) is 1. The molecule has 0 radical (unpaired) electrons. The second-order valence-corrected chi connectivity index (χ2v) is 7.55. The first kappa shape index (κ1) is 20.0. The van der Waals surface area contributed by atoms with Crippen molar-refractivity contribution in [3.63, 3.8) is 0 Å². The average molecular weight is 414 g/mol. The van der Waals surface area contributed by atoms with Crippen LogP contribution in [-0.2, 0) is 24.9 Å². The normalized spacial score (nSPS) is 15.1. The van der Waals surface area contributed by atoms with Crippen molar-refractivity contribution < 1.29 is 9.18 Å². The minimum Gasteiger partial charge on any atom is -0.369 e. The maximum Gasteiger partial charge on any atom is 0.329 e. The van der Waals surface area contributed by atoms with Gasteiger partial charge >= 0.3 is 5.69 Å². The molecule has 0 spiro atoms. The van der Waals surface area contributed by atoms with Gasteiger partial charge in [-0.15, -0.1) is 0 Å². The van der Waals surface area contributed by atoms with Crippen LogP contribution in [0.15, 0.2) is 33.9 Å². The summed E-state index contributed by atoms with van der Waals surface area (Å²) < 4.78 is 16.0. The van der Waals surface area contributed by atoms with Crippen LogP contribution in [0, 0.1) is 5.82 Å². The lowest BCUT2D eigenvalue weighted by atomic mass is 10.2. The van der Waals surface area contributed by atoms with Crippen molar-refractivity contribution in [3.05, 3.63) is 56.7 Å². The van der Waals surface area contributed by atoms with Gasteiger partial charge in [0.2, 0.25) is 0 Å². The smallest absolute Gasteiger partial charge is 0.329 e. The molecule has 1 fully saturated rings. The molecule has 1 saturated heterocycles. The van der Waals surface area contributed by atoms with Gasteiger partial charge in [-0.3, -0.25) is 24.0 Å². The molecule has 4 rings (SSSR count). The molecule has 158 valence electrons. The highest BCUT2D eigenvalue weighted by Crippen LogP contribution is 2.19. The third-order valence-electron chi connectivity index (χ3n) is 5.40. The van der Waals surface area contributed by atoms with Crippen LogP contribution < -0.4 is 16.1 Å². The number of aryl methyl sites for hydroxylation is 1. The molecule has 0 bridgehead atoms. The summed E-state index contributed by atoms with van der Waals surface area (Å²) in [5.41, 5.74) is 0.382. The highest BCUT2D eigenvalue weighted by molar-refractivity contribution is 5.79. The van der Waals surface area contributed by atoms with E-state index in [2.05, 4.69) is 19.8 Å². The Balaban J connectivity index is 1.58. The van der Waals surface area contributed by atoms with Gasteiger partial charge in [0.1, 0.15) is 17.4 Å². The van der Waals surface area contributed by atoms with E-state index >= 15 is 0 Å². The third kappa shape index (κ3) is 3.78. The minimum absolute atomic E-state index is 0.0165. The lowest BCUT2D eigenvalue weighted by Crippen LogP contribution is -2.46. The average Bonchev–Trinajstić information content (AvgIpc) is 3.05. The number of ketones is 1. The molecule has 1 aromatic carbocycles. The molecular weight excluding hydrogens is 391 g/mol. The fourth-order valence-corrected chi connectivity index (χ4v) is 3.81. The van der Waals surface area contributed by atoms with Gasteiger partial charge in [0.15, 0.2) is 11.2 Å². The first-order valence-corrected chi connectivity index (χ1v) is 9.74. The number of rotatable bonds is 5. The number of hydrogen-bond acceptors (Lipinski definition) is 6. The van der Waals surface area contributed by atoms with E-state index in [0.717, 1.165) is 31.9 Å². The fourth-order valence-electron chi connectivity index (χ4n) is 3.81. The summed E-state index contributed by atoms with van der Waals surface area (Å²) in [6.45, 7) is 4.93. The van der Waals surface area contributed by atoms with Gasteiger partial charge in [-0.25, -0.2) is 14.2 Å². The van der Waals surface area contributed by atoms with E-state index in [9.17, 15) is 18.8 Å². The summed E-state index contributed by atoms with van der Waals surface area (Å²) in [5.74, 6) is 0.207. The van der Waals surface area contributed by atoms with Crippen LogP contribution in [0.5, 0.6) is 0 Å². The number of anilines is 1. The van der Waals surface area contributed by atoms with Gasteiger partial charge in [-0.05, 0) is 31.2 Å². The van der Waals surface area contributed by atoms with Gasteiger partial charge in [-0.1, -0.05) is 0 Å². The van der Waals surface area contributed by atoms with Crippen molar-refractivity contribution in [2.75, 3.05) is 31.1 Å². The predicted molar refractivity (Wildman–Crippen MR) is 110 cm³/mol. The summed E-state index contributed by atoms with van der Waals surface area (Å²) in [4.78, 5) is 47.3. The predicted octanol–water partition coefficient (Wildman–Crippen LogP) is 0.474. The maximum atomic E-state index is 13.2. The summed E-state index contributed by atoms with van der Waals surface area (Å²) in [7, 11) is 1.54. The van der Waals surface area contributed by atoms with Gasteiger partial charge in [0, 0.05) is 38.9 Å². The van der Waals surface area contributed by atoms with E-state index in [-0.39, 0.29) is 29.3 Å². The zero-order valence-corrected chi connectivity index (χ0v) is 16.9. The molecule has 2 aromatic heterocycles. The highest BCUT2D eigenvalue weighted by Gasteiger charge is 2.23. The van der Waals surface area contributed by atoms with E-state index in [1.165, 1.54) is 30.7 Å². The third-order valence-corrected chi connectivity index (χ3v) is 5.40. The minimum atomic E-state index is -0.547. The molecule has 0 atom stereocenters. The van der Waals surface area contributed by atoms with E-state index < -0.39 is 11.2 Å². The number of aromatic amines is 1. The largest absolute Gasteiger partial charge is 0.369 e. The number of benzene rings is 1. The topological polar surface area (TPSA) is 96.2 Å². The van der Waals surface area contributed by atoms with E-state index in [0.29, 0.717) is 12.4 Å². The van der Waals surface area contributed by atoms with Crippen molar-refractivity contribution >= 4 is 22.6 Å². The first-order chi connectivity index (χ1) is 14.3. The Labute approximate surface area is 171 Å². The SMILES string of the molecule is CC(=O)Cn1c(CN2CCN(c3ccc(F)cc3)CC2)nc2c1c(=O)[nH]c(=O)n2C. The molecule has 1 aliphatic rings. The Morgan fingerprint density at radius 3 is 2.43 bits per heavy atom. The van der Waals surface area contributed by atoms with Gasteiger partial charge < -0.3 is 9.47 Å². The van der Waals surface area contributed by atoms with E-state index in [1.54, 1.807) is 16.7 Å². The quantitative estimate of drug-likeness (QED) is 0.652. The maximum absolute atomic E-state index is 13.2. The number of aromatic nitrogens is 4. The van der Waals surface area contributed by atoms with Gasteiger partial charge in [0.25, 0.3) is 5.56 Å². The Morgan fingerprint density at radius 1 is 1.13 bits per heavy atom. The van der Waals surface area contributed by atoms with Crippen LogP contribution in [0.25, 0.3) is 11.2 Å². The lowest BCUT2D eigenvalue weighted by molar-refractivity contribution is -0.117. The second-order valence-electron chi connectivity index (χ2n) is 7.55. The van der Waals surface area contributed by atoms with Crippen LogP contribution in [0.1, 0.15) is 12.7 Å². The molecule has 9 nitrogen and oxygen atoms in total. The Kier molecular flexibility index (Phi) is 5.25. The monoisotopic (exact) mass is 414 g/mol. The molecule has 3 aromatic rings. The number of nitrogens with one attached hydrogen (secondary N) is 1. The molecule has 0 amide bonds. The van der Waals surface area contributed by atoms with E-state index in [4.69, 9.17) is 0 Å². The summed E-state index contributed by atoms with van der Waals surface area (Å²) in [6.07, 6.45) is 0. The number of fused-ring (bicyclic) bond motifs is 1. The number of carbonyl (C=O) groups excluding carboxylic acids is 1. The number of imidazole rings is 1. The lowest BCUT2D eigenvalue weighted by Gasteiger charge is -2.36. The second kappa shape index (κ2) is 7.86. The molecule has 0 aliphatic carbocycles. The number of piperazine rings is 1. The Morgan fingerprint density at radius 2 is 1.80 bits per heavy atom. The van der Waals surface area contributed by atoms with Crippen molar-refractivity contribution in [3.8, 4) is 0 Å². The zero-order chi connectivity index (χ0) is 21.4. The molecule has 0 unspecified atom stereocenters. The summed E-state index contributed by atoms with van der Waals surface area (Å²) in [6, 6.07) is 6.44.